The number of carbonyl (C=O) groups excluding carboxylic acids is 1. The largest absolute Gasteiger partial charge is 0.467 e. The van der Waals surface area contributed by atoms with Crippen molar-refractivity contribution in [2.45, 2.75) is 50.2 Å². The van der Waals surface area contributed by atoms with Crippen molar-refractivity contribution in [2.75, 3.05) is 6.54 Å². The molecule has 9 nitrogen and oxygen atoms in total. The minimum atomic E-state index is -3.84. The number of hydrogen-bond donors (Lipinski definition) is 1. The molecule has 0 aliphatic carbocycles. The van der Waals surface area contributed by atoms with Crippen molar-refractivity contribution in [3.05, 3.63) is 42.4 Å². The van der Waals surface area contributed by atoms with Crippen molar-refractivity contribution < 1.29 is 17.6 Å². The Bertz CT molecular complexity index is 1120. The second-order valence-electron chi connectivity index (χ2n) is 7.35. The molecule has 1 fully saturated rings. The lowest BCUT2D eigenvalue weighted by Gasteiger charge is -2.23. The molecule has 1 amide bonds. The highest BCUT2D eigenvalue weighted by molar-refractivity contribution is 7.89. The van der Waals surface area contributed by atoms with Crippen molar-refractivity contribution >= 4 is 27.0 Å². The van der Waals surface area contributed by atoms with Gasteiger partial charge < -0.3 is 9.73 Å². The molecule has 1 atom stereocenters. The molecule has 1 N–H and O–H groups in total. The lowest BCUT2D eigenvalue weighted by atomic mass is 10.2. The van der Waals surface area contributed by atoms with Crippen LogP contribution in [0.5, 0.6) is 0 Å². The zero-order valence-electron chi connectivity index (χ0n) is 16.3. The van der Waals surface area contributed by atoms with Crippen LogP contribution in [-0.2, 0) is 21.4 Å². The number of hydrogen-bond acceptors (Lipinski definition) is 6. The maximum absolute atomic E-state index is 13.2. The molecule has 2 aromatic heterocycles. The quantitative estimate of drug-likeness (QED) is 0.657. The first-order valence-corrected chi connectivity index (χ1v) is 11.0. The van der Waals surface area contributed by atoms with E-state index >= 15 is 0 Å². The summed E-state index contributed by atoms with van der Waals surface area (Å²) in [6.07, 6.45) is 2.64. The van der Waals surface area contributed by atoms with Crippen LogP contribution in [0.3, 0.4) is 0 Å². The molecule has 29 heavy (non-hydrogen) atoms. The maximum atomic E-state index is 13.2. The van der Waals surface area contributed by atoms with Gasteiger partial charge in [-0.1, -0.05) is 5.21 Å². The number of furan rings is 1. The van der Waals surface area contributed by atoms with E-state index in [4.69, 9.17) is 4.42 Å². The van der Waals surface area contributed by atoms with Gasteiger partial charge >= 0.3 is 0 Å². The van der Waals surface area contributed by atoms with Crippen LogP contribution in [0, 0.1) is 0 Å². The van der Waals surface area contributed by atoms with Crippen LogP contribution in [0.2, 0.25) is 0 Å². The summed E-state index contributed by atoms with van der Waals surface area (Å²) in [5.74, 6) is 0.291. The van der Waals surface area contributed by atoms with E-state index in [2.05, 4.69) is 15.6 Å². The van der Waals surface area contributed by atoms with Crippen molar-refractivity contribution in [3.8, 4) is 0 Å². The first-order valence-electron chi connectivity index (χ1n) is 9.55. The van der Waals surface area contributed by atoms with Gasteiger partial charge in [0.25, 0.3) is 0 Å². The van der Waals surface area contributed by atoms with Crippen molar-refractivity contribution in [3.63, 3.8) is 0 Å². The predicted octanol–water partition coefficient (Wildman–Crippen LogP) is 2.07. The summed E-state index contributed by atoms with van der Waals surface area (Å²) in [6.45, 7) is 4.49. The van der Waals surface area contributed by atoms with E-state index in [1.807, 2.05) is 13.8 Å². The van der Waals surface area contributed by atoms with Crippen LogP contribution >= 0.6 is 0 Å². The smallest absolute Gasteiger partial charge is 0.243 e. The molecule has 0 saturated carbocycles. The summed E-state index contributed by atoms with van der Waals surface area (Å²) in [6, 6.07) is 7.65. The van der Waals surface area contributed by atoms with Gasteiger partial charge in [0.1, 0.15) is 17.3 Å². The van der Waals surface area contributed by atoms with Crippen molar-refractivity contribution in [1.29, 1.82) is 0 Å². The second-order valence-corrected chi connectivity index (χ2v) is 9.24. The topological polar surface area (TPSA) is 110 Å². The lowest BCUT2D eigenvalue weighted by molar-refractivity contribution is -0.124. The van der Waals surface area contributed by atoms with Crippen LogP contribution in [-0.4, -0.2) is 46.2 Å². The summed E-state index contributed by atoms with van der Waals surface area (Å²) in [5, 5.41) is 10.9. The number of aromatic nitrogens is 3. The fraction of sp³-hybridized carbons (Fsp3) is 0.421. The Labute approximate surface area is 168 Å². The molecule has 1 aromatic carbocycles. The minimum Gasteiger partial charge on any atom is -0.467 e. The van der Waals surface area contributed by atoms with Crippen LogP contribution in [0.4, 0.5) is 0 Å². The van der Waals surface area contributed by atoms with E-state index in [1.54, 1.807) is 28.9 Å². The molecule has 3 heterocycles. The van der Waals surface area contributed by atoms with Crippen LogP contribution in [0.1, 0.15) is 38.5 Å². The molecule has 0 spiro atoms. The number of nitrogens with zero attached hydrogens (tertiary/aromatic N) is 4. The van der Waals surface area contributed by atoms with Gasteiger partial charge in [-0.05, 0) is 57.0 Å². The Morgan fingerprint density at radius 2 is 2.17 bits per heavy atom. The monoisotopic (exact) mass is 417 g/mol. The highest BCUT2D eigenvalue weighted by atomic mass is 32.2. The average Bonchev–Trinajstić information content (AvgIpc) is 3.45. The van der Waals surface area contributed by atoms with E-state index in [-0.39, 0.29) is 23.4 Å². The third-order valence-corrected chi connectivity index (χ3v) is 6.97. The minimum absolute atomic E-state index is 0.114. The number of carbonyl (C=O) groups is 1. The number of rotatable bonds is 6. The fourth-order valence-corrected chi connectivity index (χ4v) is 5.27. The first kappa shape index (κ1) is 19.6. The molecule has 0 radical (unpaired) electrons. The third-order valence-electron chi connectivity index (χ3n) is 5.06. The summed E-state index contributed by atoms with van der Waals surface area (Å²) in [7, 11) is -3.84. The zero-order chi connectivity index (χ0) is 20.6. The molecule has 0 bridgehead atoms. The molecule has 10 heteroatoms. The van der Waals surface area contributed by atoms with E-state index in [0.29, 0.717) is 30.7 Å². The number of amides is 1. The Morgan fingerprint density at radius 3 is 2.90 bits per heavy atom. The van der Waals surface area contributed by atoms with Gasteiger partial charge in [-0.25, -0.2) is 13.1 Å². The van der Waals surface area contributed by atoms with Crippen molar-refractivity contribution in [1.82, 2.24) is 24.6 Å². The number of benzene rings is 1. The van der Waals surface area contributed by atoms with Gasteiger partial charge in [0, 0.05) is 12.6 Å². The highest BCUT2D eigenvalue weighted by Gasteiger charge is 2.39. The maximum Gasteiger partial charge on any atom is 0.243 e. The SMILES string of the molecule is CC(C)n1nnc2cc(S(=O)(=O)N3CCC[C@H]3C(=O)NCc3ccco3)ccc21. The van der Waals surface area contributed by atoms with E-state index < -0.39 is 16.1 Å². The van der Waals surface area contributed by atoms with Crippen LogP contribution < -0.4 is 5.32 Å². The number of sulfonamides is 1. The third kappa shape index (κ3) is 3.65. The molecule has 4 rings (SSSR count). The number of fused-ring (bicyclic) bond motifs is 1. The highest BCUT2D eigenvalue weighted by Crippen LogP contribution is 2.28. The molecule has 0 unspecified atom stereocenters. The summed E-state index contributed by atoms with van der Waals surface area (Å²) < 4.78 is 34.7. The van der Waals surface area contributed by atoms with Gasteiger partial charge in [-0.2, -0.15) is 4.31 Å². The van der Waals surface area contributed by atoms with Gasteiger partial charge in [0.2, 0.25) is 15.9 Å². The van der Waals surface area contributed by atoms with E-state index in [0.717, 1.165) is 5.52 Å². The fourth-order valence-electron chi connectivity index (χ4n) is 3.59. The Kier molecular flexibility index (Phi) is 5.13. The first-order chi connectivity index (χ1) is 13.9. The van der Waals surface area contributed by atoms with Crippen LogP contribution in [0.25, 0.3) is 11.0 Å². The van der Waals surface area contributed by atoms with E-state index in [9.17, 15) is 13.2 Å². The molecule has 1 aliphatic heterocycles. The van der Waals surface area contributed by atoms with Crippen molar-refractivity contribution in [2.24, 2.45) is 0 Å². The zero-order valence-corrected chi connectivity index (χ0v) is 17.1. The summed E-state index contributed by atoms with van der Waals surface area (Å²) >= 11 is 0. The Hall–Kier alpha value is -2.72. The van der Waals surface area contributed by atoms with Crippen LogP contribution in [0.15, 0.2) is 45.9 Å². The van der Waals surface area contributed by atoms with Gasteiger partial charge in [0.05, 0.1) is 23.2 Å². The normalized spacial score (nSPS) is 18.0. The molecule has 3 aromatic rings. The average molecular weight is 417 g/mol. The lowest BCUT2D eigenvalue weighted by Crippen LogP contribution is -2.45. The summed E-state index contributed by atoms with van der Waals surface area (Å²) in [4.78, 5) is 12.8. The van der Waals surface area contributed by atoms with Gasteiger partial charge in [0.15, 0.2) is 0 Å². The predicted molar refractivity (Wildman–Crippen MR) is 105 cm³/mol. The Balaban J connectivity index is 1.56. The number of nitrogens with one attached hydrogen (secondary N) is 1. The standard InChI is InChI=1S/C19H23N5O4S/c1-13(2)24-17-8-7-15(11-16(17)21-22-24)29(26,27)23-9-3-6-18(23)19(25)20-12-14-5-4-10-28-14/h4-5,7-8,10-11,13,18H,3,6,9,12H2,1-2H3,(H,20,25)/t18-/m0/s1. The molecule has 154 valence electrons. The second kappa shape index (κ2) is 7.60. The molecule has 1 aliphatic rings. The molecular weight excluding hydrogens is 394 g/mol. The van der Waals surface area contributed by atoms with E-state index in [1.165, 1.54) is 16.6 Å². The van der Waals surface area contributed by atoms with Gasteiger partial charge in [-0.15, -0.1) is 5.10 Å². The summed E-state index contributed by atoms with van der Waals surface area (Å²) in [5.41, 5.74) is 1.28. The molecular formula is C19H23N5O4S. The molecule has 1 saturated heterocycles. The Morgan fingerprint density at radius 1 is 1.34 bits per heavy atom. The van der Waals surface area contributed by atoms with Gasteiger partial charge in [-0.3, -0.25) is 4.79 Å².